The van der Waals surface area contributed by atoms with Crippen LogP contribution in [0.15, 0.2) is 50.2 Å². The van der Waals surface area contributed by atoms with Crippen LogP contribution in [0.2, 0.25) is 0 Å². The van der Waals surface area contributed by atoms with E-state index in [2.05, 4.69) is 31.9 Å². The van der Waals surface area contributed by atoms with Crippen LogP contribution in [0, 0.1) is 13.8 Å². The van der Waals surface area contributed by atoms with Gasteiger partial charge in [0.05, 0.1) is 4.90 Å². The summed E-state index contributed by atoms with van der Waals surface area (Å²) in [5.74, 6) is 0. The van der Waals surface area contributed by atoms with Gasteiger partial charge in [0.1, 0.15) is 0 Å². The number of primary sulfonamides is 1. The van der Waals surface area contributed by atoms with Gasteiger partial charge in [0.25, 0.3) is 0 Å². The van der Waals surface area contributed by atoms with Crippen molar-refractivity contribution in [1.29, 1.82) is 0 Å². The third kappa shape index (κ3) is 5.78. The Labute approximate surface area is 141 Å². The average Bonchev–Trinajstić information content (AvgIpc) is 2.37. The molecule has 0 fully saturated rings. The molecule has 0 heterocycles. The number of nitrogens with two attached hydrogens (primary N) is 2. The zero-order valence-electron chi connectivity index (χ0n) is 11.6. The summed E-state index contributed by atoms with van der Waals surface area (Å²) in [4.78, 5) is 0.125. The number of aryl methyl sites for hydroxylation is 2. The maximum atomic E-state index is 10.9. The van der Waals surface area contributed by atoms with Crippen LogP contribution in [-0.4, -0.2) is 8.42 Å². The fourth-order valence-corrected chi connectivity index (χ4v) is 2.83. The van der Waals surface area contributed by atoms with Gasteiger partial charge in [-0.2, -0.15) is 0 Å². The molecule has 0 unspecified atom stereocenters. The number of anilines is 1. The molecule has 2 rings (SSSR count). The molecule has 0 radical (unpaired) electrons. The number of benzene rings is 2. The second-order valence-electron chi connectivity index (χ2n) is 4.46. The summed E-state index contributed by atoms with van der Waals surface area (Å²) in [5, 5.41) is 4.93. The highest BCUT2D eigenvalue weighted by Crippen LogP contribution is 2.19. The summed E-state index contributed by atoms with van der Waals surface area (Å²) in [6, 6.07) is 10.4. The van der Waals surface area contributed by atoms with Crippen molar-refractivity contribution in [3.8, 4) is 0 Å². The Bertz CT molecular complexity index is 747. The van der Waals surface area contributed by atoms with Gasteiger partial charge in [0.15, 0.2) is 0 Å². The summed E-state index contributed by atoms with van der Waals surface area (Å²) in [5.41, 5.74) is 8.48. The Morgan fingerprint density at radius 2 is 1.38 bits per heavy atom. The molecule has 0 aliphatic heterocycles. The van der Waals surface area contributed by atoms with Crippen molar-refractivity contribution in [1.82, 2.24) is 0 Å². The molecule has 0 saturated heterocycles. The van der Waals surface area contributed by atoms with Gasteiger partial charge in [0.2, 0.25) is 10.0 Å². The smallest absolute Gasteiger partial charge is 0.238 e. The maximum Gasteiger partial charge on any atom is 0.238 e. The van der Waals surface area contributed by atoms with E-state index in [1.165, 1.54) is 17.7 Å². The van der Waals surface area contributed by atoms with E-state index in [0.717, 1.165) is 20.2 Å². The van der Waals surface area contributed by atoms with E-state index < -0.39 is 10.0 Å². The van der Waals surface area contributed by atoms with Crippen LogP contribution in [0.5, 0.6) is 0 Å². The van der Waals surface area contributed by atoms with Gasteiger partial charge in [-0.3, -0.25) is 0 Å². The summed E-state index contributed by atoms with van der Waals surface area (Å²) < 4.78 is 23.5. The molecule has 114 valence electrons. The second kappa shape index (κ2) is 7.40. The summed E-state index contributed by atoms with van der Waals surface area (Å²) in [6.45, 7) is 3.90. The quantitative estimate of drug-likeness (QED) is 0.668. The Morgan fingerprint density at radius 3 is 1.76 bits per heavy atom. The van der Waals surface area contributed by atoms with Crippen LogP contribution < -0.4 is 10.9 Å². The molecule has 4 N–H and O–H groups in total. The van der Waals surface area contributed by atoms with Crippen molar-refractivity contribution in [2.75, 3.05) is 5.73 Å². The summed E-state index contributed by atoms with van der Waals surface area (Å²) >= 11 is 6.58. The fraction of sp³-hybridized carbons (Fsp3) is 0.143. The molecular weight excluding hydrogens is 420 g/mol. The molecule has 2 aromatic carbocycles. The minimum Gasteiger partial charge on any atom is -0.399 e. The summed E-state index contributed by atoms with van der Waals surface area (Å²) in [7, 11) is -3.57. The Kier molecular flexibility index (Phi) is 6.40. The monoisotopic (exact) mass is 434 g/mol. The lowest BCUT2D eigenvalue weighted by atomic mass is 10.2. The van der Waals surface area contributed by atoms with Gasteiger partial charge in [0, 0.05) is 14.6 Å². The number of hydrogen-bond donors (Lipinski definition) is 2. The third-order valence-electron chi connectivity index (χ3n) is 2.67. The van der Waals surface area contributed by atoms with Gasteiger partial charge >= 0.3 is 0 Å². The summed E-state index contributed by atoms with van der Waals surface area (Å²) in [6.07, 6.45) is 0. The maximum absolute atomic E-state index is 10.9. The third-order valence-corrected chi connectivity index (χ3v) is 5.29. The Morgan fingerprint density at radius 1 is 0.905 bits per heavy atom. The van der Waals surface area contributed by atoms with Crippen molar-refractivity contribution in [3.05, 3.63) is 56.5 Å². The highest BCUT2D eigenvalue weighted by atomic mass is 79.9. The molecule has 0 aromatic heterocycles. The van der Waals surface area contributed by atoms with Crippen LogP contribution in [0.3, 0.4) is 0 Å². The van der Waals surface area contributed by atoms with Crippen molar-refractivity contribution < 1.29 is 8.42 Å². The van der Waals surface area contributed by atoms with Crippen molar-refractivity contribution >= 4 is 47.6 Å². The van der Waals surface area contributed by atoms with Gasteiger partial charge in [-0.25, -0.2) is 13.6 Å². The SMILES string of the molecule is Cc1ccc(N)cc1Br.Cc1ccc(S(N)(=O)=O)cc1Br. The lowest BCUT2D eigenvalue weighted by molar-refractivity contribution is 0.597. The number of nitrogen functional groups attached to an aromatic ring is 1. The van der Waals surface area contributed by atoms with Gasteiger partial charge in [-0.15, -0.1) is 0 Å². The molecular formula is C14H16Br2N2O2S. The van der Waals surface area contributed by atoms with Crippen LogP contribution >= 0.6 is 31.9 Å². The first-order chi connectivity index (χ1) is 9.61. The van der Waals surface area contributed by atoms with E-state index in [1.807, 2.05) is 32.0 Å². The molecule has 21 heavy (non-hydrogen) atoms. The predicted octanol–water partition coefficient (Wildman–Crippen LogP) is 3.74. The van der Waals surface area contributed by atoms with E-state index in [1.54, 1.807) is 6.07 Å². The first kappa shape index (κ1) is 18.2. The van der Waals surface area contributed by atoms with Gasteiger partial charge in [-0.05, 0) is 49.2 Å². The van der Waals surface area contributed by atoms with Crippen LogP contribution in [0.4, 0.5) is 5.69 Å². The molecule has 0 spiro atoms. The van der Waals surface area contributed by atoms with Crippen LogP contribution in [-0.2, 0) is 10.0 Å². The Balaban J connectivity index is 0.000000219. The second-order valence-corrected chi connectivity index (χ2v) is 7.73. The molecule has 0 aliphatic rings. The number of halogens is 2. The Hall–Kier alpha value is -0.890. The lowest BCUT2D eigenvalue weighted by Gasteiger charge is -2.00. The number of sulfonamides is 1. The molecule has 0 atom stereocenters. The van der Waals surface area contributed by atoms with Crippen molar-refractivity contribution in [2.45, 2.75) is 18.7 Å². The minimum absolute atomic E-state index is 0.125. The normalized spacial score (nSPS) is 10.7. The number of rotatable bonds is 1. The highest BCUT2D eigenvalue weighted by Gasteiger charge is 2.07. The van der Waals surface area contributed by atoms with E-state index >= 15 is 0 Å². The molecule has 7 heteroatoms. The van der Waals surface area contributed by atoms with Gasteiger partial charge < -0.3 is 5.73 Å². The van der Waals surface area contributed by atoms with Crippen molar-refractivity contribution in [2.24, 2.45) is 5.14 Å². The average molecular weight is 436 g/mol. The molecule has 0 bridgehead atoms. The van der Waals surface area contributed by atoms with E-state index in [9.17, 15) is 8.42 Å². The zero-order valence-corrected chi connectivity index (χ0v) is 15.6. The van der Waals surface area contributed by atoms with E-state index in [-0.39, 0.29) is 4.90 Å². The molecule has 4 nitrogen and oxygen atoms in total. The van der Waals surface area contributed by atoms with E-state index in [0.29, 0.717) is 0 Å². The van der Waals surface area contributed by atoms with Crippen LogP contribution in [0.1, 0.15) is 11.1 Å². The highest BCUT2D eigenvalue weighted by molar-refractivity contribution is 9.10. The standard InChI is InChI=1S/C7H8BrNO2S.C7H8BrN/c1-5-2-3-6(4-7(5)8)12(9,10)11;1-5-2-3-6(9)4-7(5)8/h2-4H,1H3,(H2,9,10,11);2-4H,9H2,1H3. The molecule has 0 amide bonds. The van der Waals surface area contributed by atoms with Crippen molar-refractivity contribution in [3.63, 3.8) is 0 Å². The first-order valence-electron chi connectivity index (χ1n) is 5.92. The lowest BCUT2D eigenvalue weighted by Crippen LogP contribution is -2.11. The molecule has 0 aliphatic carbocycles. The first-order valence-corrected chi connectivity index (χ1v) is 9.05. The number of hydrogen-bond acceptors (Lipinski definition) is 3. The molecule has 0 saturated carbocycles. The van der Waals surface area contributed by atoms with E-state index in [4.69, 9.17) is 10.9 Å². The zero-order chi connectivity index (χ0) is 16.2. The van der Waals surface area contributed by atoms with Crippen LogP contribution in [0.25, 0.3) is 0 Å². The largest absolute Gasteiger partial charge is 0.399 e. The predicted molar refractivity (Wildman–Crippen MR) is 93.5 cm³/mol. The topological polar surface area (TPSA) is 86.2 Å². The van der Waals surface area contributed by atoms with Gasteiger partial charge in [-0.1, -0.05) is 44.0 Å². The minimum atomic E-state index is -3.57. The molecule has 2 aromatic rings. The fourth-order valence-electron chi connectivity index (χ4n) is 1.36.